The van der Waals surface area contributed by atoms with Gasteiger partial charge in [0.2, 0.25) is 0 Å². The largest absolute Gasteiger partial charge is 0.310 e. The van der Waals surface area contributed by atoms with Crippen molar-refractivity contribution in [1.29, 1.82) is 0 Å². The van der Waals surface area contributed by atoms with E-state index in [1.54, 1.807) is 9.59 Å². The summed E-state index contributed by atoms with van der Waals surface area (Å²) in [5.74, 6) is 0. The summed E-state index contributed by atoms with van der Waals surface area (Å²) in [6, 6.07) is 74.6. The average molecular weight is 917 g/mol. The molecule has 0 saturated heterocycles. The van der Waals surface area contributed by atoms with Crippen molar-refractivity contribution in [3.05, 3.63) is 253 Å². The van der Waals surface area contributed by atoms with Crippen LogP contribution in [0.15, 0.2) is 231 Å². The van der Waals surface area contributed by atoms with Gasteiger partial charge < -0.3 is 9.80 Å². The molecule has 0 unspecified atom stereocenters. The third-order valence-electron chi connectivity index (χ3n) is 13.3. The molecule has 0 amide bonds. The first-order valence-electron chi connectivity index (χ1n) is 24.0. The third kappa shape index (κ3) is 8.27. The van der Waals surface area contributed by atoms with Crippen LogP contribution in [0.5, 0.6) is 0 Å². The number of benzene rings is 9. The fraction of sp³-hybridized carbons (Fsp3) is 0.0476. The lowest BCUT2D eigenvalue weighted by Gasteiger charge is -2.31. The molecule has 0 aliphatic heterocycles. The van der Waals surface area contributed by atoms with Gasteiger partial charge in [0, 0.05) is 39.6 Å². The zero-order chi connectivity index (χ0) is 47.7. The van der Waals surface area contributed by atoms with Crippen molar-refractivity contribution in [1.82, 2.24) is 30.0 Å². The van der Waals surface area contributed by atoms with Crippen molar-refractivity contribution in [2.75, 3.05) is 9.80 Å². The van der Waals surface area contributed by atoms with Crippen LogP contribution in [0, 0.1) is 0 Å². The first-order chi connectivity index (χ1) is 35.1. The van der Waals surface area contributed by atoms with Crippen LogP contribution < -0.4 is 9.80 Å². The SMILES string of the molecule is C=Cc1cccc(N(c2ccc(-c3ccc(-c4ccc(N(C5=CCCc6ccccc65)c5ccc(-n6nc7ccccc7n6)cc5)cc4)cc3)cc2)c2ccc(-n3nc4ccccc4n3)cc2)c1/C=C\C. The van der Waals surface area contributed by atoms with Gasteiger partial charge in [0.05, 0.1) is 17.1 Å². The number of hydrogen-bond acceptors (Lipinski definition) is 6. The standard InChI is InChI=1S/C63H48N8/c1-3-13-56-44(4-2)15-11-22-62(56)68(52-36-40-54(41-37-52)70-64-58-18-7-8-19-59(58)65-70)50-32-28-47(29-33-50)45-24-26-46(27-25-45)48-30-34-51(35-31-48)69(63-23-12-16-49-14-5-6-17-57(49)63)53-38-42-55(43-39-53)71-66-60-20-9-10-21-61(60)67-71/h3-11,13-15,17-43H,2,12,16H2,1H3/b13-3-. The van der Waals surface area contributed by atoms with Crippen LogP contribution in [-0.4, -0.2) is 30.0 Å². The molecule has 0 spiro atoms. The van der Waals surface area contributed by atoms with Crippen molar-refractivity contribution in [2.24, 2.45) is 0 Å². The second-order valence-corrected chi connectivity index (χ2v) is 17.6. The van der Waals surface area contributed by atoms with Crippen molar-refractivity contribution < 1.29 is 0 Å². The Kier molecular flexibility index (Phi) is 11.2. The summed E-state index contributed by atoms with van der Waals surface area (Å²) in [5, 5.41) is 18.9. The van der Waals surface area contributed by atoms with Crippen LogP contribution in [0.2, 0.25) is 0 Å². The summed E-state index contributed by atoms with van der Waals surface area (Å²) in [6.45, 7) is 6.19. The maximum absolute atomic E-state index is 4.72. The van der Waals surface area contributed by atoms with Crippen molar-refractivity contribution in [2.45, 2.75) is 19.8 Å². The molecule has 0 saturated carbocycles. The zero-order valence-electron chi connectivity index (χ0n) is 39.2. The molecule has 0 radical (unpaired) electrons. The molecular formula is C63H48N8. The number of allylic oxidation sites excluding steroid dienone is 2. The lowest BCUT2D eigenvalue weighted by Crippen LogP contribution is -2.18. The first kappa shape index (κ1) is 42.9. The summed E-state index contributed by atoms with van der Waals surface area (Å²) in [6.07, 6.45) is 10.5. The summed E-state index contributed by atoms with van der Waals surface area (Å²) in [4.78, 5) is 8.09. The average Bonchev–Trinajstić information content (AvgIpc) is 4.08. The molecule has 1 aliphatic rings. The second-order valence-electron chi connectivity index (χ2n) is 17.6. The highest BCUT2D eigenvalue weighted by molar-refractivity contribution is 5.91. The number of anilines is 5. The number of nitrogens with zero attached hydrogens (tertiary/aromatic N) is 8. The smallest absolute Gasteiger partial charge is 0.113 e. The molecule has 0 atom stereocenters. The highest BCUT2D eigenvalue weighted by Gasteiger charge is 2.22. The monoisotopic (exact) mass is 916 g/mol. The Morgan fingerprint density at radius 1 is 0.451 bits per heavy atom. The van der Waals surface area contributed by atoms with Gasteiger partial charge in [-0.1, -0.05) is 140 Å². The zero-order valence-corrected chi connectivity index (χ0v) is 39.2. The number of hydrogen-bond donors (Lipinski definition) is 0. The summed E-state index contributed by atoms with van der Waals surface area (Å²) >= 11 is 0. The van der Waals surface area contributed by atoms with Gasteiger partial charge in [0.15, 0.2) is 0 Å². The number of fused-ring (bicyclic) bond motifs is 3. The van der Waals surface area contributed by atoms with Gasteiger partial charge in [0.25, 0.3) is 0 Å². The molecule has 340 valence electrons. The Bertz CT molecular complexity index is 3700. The van der Waals surface area contributed by atoms with Gasteiger partial charge >= 0.3 is 0 Å². The molecule has 2 aromatic heterocycles. The van der Waals surface area contributed by atoms with E-state index in [4.69, 9.17) is 20.4 Å². The Morgan fingerprint density at radius 2 is 0.873 bits per heavy atom. The normalized spacial score (nSPS) is 12.3. The van der Waals surface area contributed by atoms with E-state index < -0.39 is 0 Å². The summed E-state index contributed by atoms with van der Waals surface area (Å²) in [5.41, 5.74) is 21.1. The molecule has 0 bridgehead atoms. The van der Waals surface area contributed by atoms with Crippen molar-refractivity contribution in [3.8, 4) is 33.6 Å². The summed E-state index contributed by atoms with van der Waals surface area (Å²) < 4.78 is 0. The highest BCUT2D eigenvalue weighted by Crippen LogP contribution is 2.42. The van der Waals surface area contributed by atoms with Crippen molar-refractivity contribution in [3.63, 3.8) is 0 Å². The Labute approximate surface area is 413 Å². The molecule has 11 aromatic rings. The lowest BCUT2D eigenvalue weighted by atomic mass is 9.93. The van der Waals surface area contributed by atoms with Crippen LogP contribution in [0.4, 0.5) is 28.4 Å². The van der Waals surface area contributed by atoms with Gasteiger partial charge in [-0.2, -0.15) is 9.59 Å². The molecule has 9 aromatic carbocycles. The van der Waals surface area contributed by atoms with Crippen molar-refractivity contribution >= 4 is 68.4 Å². The maximum atomic E-state index is 4.72. The number of aryl methyl sites for hydroxylation is 1. The fourth-order valence-corrected chi connectivity index (χ4v) is 9.70. The molecule has 71 heavy (non-hydrogen) atoms. The van der Waals surface area contributed by atoms with E-state index in [1.165, 1.54) is 16.8 Å². The second kappa shape index (κ2) is 18.6. The highest BCUT2D eigenvalue weighted by atomic mass is 15.5. The van der Waals surface area contributed by atoms with Crippen LogP contribution in [0.1, 0.15) is 35.6 Å². The van der Waals surface area contributed by atoms with Gasteiger partial charge in [0.1, 0.15) is 22.1 Å². The topological polar surface area (TPSA) is 67.9 Å². The Balaban J connectivity index is 0.826. The van der Waals surface area contributed by atoms with E-state index in [-0.39, 0.29) is 0 Å². The Hall–Kier alpha value is -9.40. The van der Waals surface area contributed by atoms with E-state index >= 15 is 0 Å². The minimum atomic E-state index is 0.860. The molecule has 1 aliphatic carbocycles. The minimum absolute atomic E-state index is 0.860. The molecule has 12 rings (SSSR count). The van der Waals surface area contributed by atoms with Crippen LogP contribution in [0.25, 0.3) is 73.5 Å². The number of aromatic nitrogens is 6. The molecular weight excluding hydrogens is 869 g/mol. The van der Waals surface area contributed by atoms with Crippen LogP contribution >= 0.6 is 0 Å². The van der Waals surface area contributed by atoms with E-state index in [0.29, 0.717) is 0 Å². The van der Waals surface area contributed by atoms with Gasteiger partial charge in [-0.05, 0) is 156 Å². The number of rotatable bonds is 12. The van der Waals surface area contributed by atoms with E-state index in [2.05, 4.69) is 198 Å². The maximum Gasteiger partial charge on any atom is 0.113 e. The summed E-state index contributed by atoms with van der Waals surface area (Å²) in [7, 11) is 0. The first-order valence-corrected chi connectivity index (χ1v) is 24.0. The molecule has 8 heteroatoms. The molecule has 8 nitrogen and oxygen atoms in total. The lowest BCUT2D eigenvalue weighted by molar-refractivity contribution is 0.765. The van der Waals surface area contributed by atoms with E-state index in [0.717, 1.165) is 108 Å². The predicted molar refractivity (Wildman–Crippen MR) is 293 cm³/mol. The van der Waals surface area contributed by atoms with E-state index in [9.17, 15) is 0 Å². The Morgan fingerprint density at radius 3 is 1.34 bits per heavy atom. The molecule has 0 N–H and O–H groups in total. The van der Waals surface area contributed by atoms with Gasteiger partial charge in [-0.25, -0.2) is 0 Å². The fourth-order valence-electron chi connectivity index (χ4n) is 9.70. The van der Waals surface area contributed by atoms with Gasteiger partial charge in [-0.15, -0.1) is 20.4 Å². The molecule has 2 heterocycles. The quantitative estimate of drug-likeness (QED) is 0.122. The third-order valence-corrected chi connectivity index (χ3v) is 13.3. The van der Waals surface area contributed by atoms with E-state index in [1.807, 2.05) is 61.5 Å². The van der Waals surface area contributed by atoms with Crippen LogP contribution in [0.3, 0.4) is 0 Å². The minimum Gasteiger partial charge on any atom is -0.310 e. The predicted octanol–water partition coefficient (Wildman–Crippen LogP) is 15.8. The molecule has 0 fully saturated rings. The van der Waals surface area contributed by atoms with Gasteiger partial charge in [-0.3, -0.25) is 0 Å². The van der Waals surface area contributed by atoms with Crippen LogP contribution in [-0.2, 0) is 6.42 Å².